The highest BCUT2D eigenvalue weighted by Crippen LogP contribution is 2.37. The minimum absolute atomic E-state index is 0.0946. The molecule has 3 N–H and O–H groups in total. The molecule has 1 aliphatic heterocycles. The van der Waals surface area contributed by atoms with Gasteiger partial charge < -0.3 is 16.0 Å². The summed E-state index contributed by atoms with van der Waals surface area (Å²) < 4.78 is 66.9. The first-order chi connectivity index (χ1) is 18.5. The lowest BCUT2D eigenvalue weighted by molar-refractivity contribution is -0.137. The molecule has 1 amide bonds. The van der Waals surface area contributed by atoms with Crippen LogP contribution in [0.3, 0.4) is 0 Å². The Morgan fingerprint density at radius 1 is 1.15 bits per heavy atom. The highest BCUT2D eigenvalue weighted by molar-refractivity contribution is 7.92. The van der Waals surface area contributed by atoms with Crippen molar-refractivity contribution >= 4 is 39.1 Å². The lowest BCUT2D eigenvalue weighted by Crippen LogP contribution is -2.30. The smallest absolute Gasteiger partial charge is 0.350 e. The van der Waals surface area contributed by atoms with Crippen molar-refractivity contribution < 1.29 is 26.4 Å². The monoisotopic (exact) mass is 564 g/mol. The molecule has 9 nitrogen and oxygen atoms in total. The molecule has 0 bridgehead atoms. The first-order valence-corrected chi connectivity index (χ1v) is 14.2. The number of hydrogen-bond donors (Lipinski definition) is 3. The van der Waals surface area contributed by atoms with E-state index in [1.54, 1.807) is 12.1 Å². The summed E-state index contributed by atoms with van der Waals surface area (Å²) in [5, 5.41) is 9.18. The molecule has 1 aromatic carbocycles. The van der Waals surface area contributed by atoms with Crippen LogP contribution in [-0.2, 0) is 27.4 Å². The molecule has 2 heterocycles. The fraction of sp³-hybridized carbons (Fsp3) is 0.423. The van der Waals surface area contributed by atoms with E-state index in [2.05, 4.69) is 39.1 Å². The number of rotatable bonds is 10. The van der Waals surface area contributed by atoms with Crippen LogP contribution in [0.4, 0.5) is 36.3 Å². The highest BCUT2D eigenvalue weighted by Gasteiger charge is 2.36. The van der Waals surface area contributed by atoms with E-state index in [4.69, 9.17) is 0 Å². The average molecular weight is 565 g/mol. The van der Waals surface area contributed by atoms with Gasteiger partial charge in [0.1, 0.15) is 11.4 Å². The van der Waals surface area contributed by atoms with E-state index in [9.17, 15) is 26.4 Å². The molecule has 4 rings (SSSR count). The van der Waals surface area contributed by atoms with E-state index < -0.39 is 39.5 Å². The van der Waals surface area contributed by atoms with Crippen molar-refractivity contribution in [3.63, 3.8) is 0 Å². The molecule has 2 aliphatic rings. The summed E-state index contributed by atoms with van der Waals surface area (Å²) in [5.41, 5.74) is 0.400. The van der Waals surface area contributed by atoms with E-state index in [0.29, 0.717) is 24.2 Å². The zero-order valence-electron chi connectivity index (χ0n) is 21.3. The van der Waals surface area contributed by atoms with Gasteiger partial charge in [0.05, 0.1) is 11.4 Å². The Balaban J connectivity index is 1.61. The summed E-state index contributed by atoms with van der Waals surface area (Å²) in [6.45, 7) is 7.09. The Kier molecular flexibility index (Phi) is 8.60. The van der Waals surface area contributed by atoms with Gasteiger partial charge in [0, 0.05) is 30.7 Å². The Labute approximate surface area is 225 Å². The Bertz CT molecular complexity index is 1340. The molecular formula is C26H31F3N6O3S. The predicted molar refractivity (Wildman–Crippen MR) is 144 cm³/mol. The molecule has 210 valence electrons. The van der Waals surface area contributed by atoms with Gasteiger partial charge in [-0.2, -0.15) is 22.5 Å². The summed E-state index contributed by atoms with van der Waals surface area (Å²) in [6, 6.07) is 4.79. The van der Waals surface area contributed by atoms with Crippen LogP contribution >= 0.6 is 0 Å². The van der Waals surface area contributed by atoms with Crippen molar-refractivity contribution in [1.82, 2.24) is 14.3 Å². The number of carbonyl (C=O) groups is 1. The zero-order chi connectivity index (χ0) is 28.2. The molecule has 0 spiro atoms. The topological polar surface area (TPSA) is 116 Å². The number of hydrogen-bond acceptors (Lipinski definition) is 7. The molecule has 2 fully saturated rings. The SMILES string of the molecule is C=CC(=O)Nc1cc(CC2CCCC2)ccc1Nc1nc(N[C@@H]2CCN(S(=O)(=O)C=C)C2)ncc1C(F)(F)F. The molecule has 1 aromatic heterocycles. The molecule has 1 atom stereocenters. The quantitative estimate of drug-likeness (QED) is 0.346. The maximum Gasteiger partial charge on any atom is 0.421 e. The van der Waals surface area contributed by atoms with E-state index >= 15 is 0 Å². The molecule has 1 saturated heterocycles. The highest BCUT2D eigenvalue weighted by atomic mass is 32.2. The summed E-state index contributed by atoms with van der Waals surface area (Å²) in [5.74, 6) is -0.571. The number of alkyl halides is 3. The van der Waals surface area contributed by atoms with E-state index in [1.807, 2.05) is 6.07 Å². The number of halogens is 3. The predicted octanol–water partition coefficient (Wildman–Crippen LogP) is 5.06. The standard InChI is InChI=1S/C26H31F3N6O3S/c1-3-23(36)32-22-14-18(13-17-7-5-6-8-17)9-10-21(22)33-24-20(26(27,28)29)15-30-25(34-24)31-19-11-12-35(16-19)39(37,38)4-2/h3-4,9-10,14-15,17,19H,1-2,5-8,11-13,16H2,(H,32,36)(H2,30,31,33,34)/t19-/m1/s1. The van der Waals surface area contributed by atoms with Gasteiger partial charge >= 0.3 is 6.18 Å². The van der Waals surface area contributed by atoms with Gasteiger partial charge in [-0.05, 0) is 42.5 Å². The van der Waals surface area contributed by atoms with Crippen LogP contribution in [0.25, 0.3) is 0 Å². The average Bonchev–Trinajstić information content (AvgIpc) is 3.58. The fourth-order valence-corrected chi connectivity index (χ4v) is 5.87. The van der Waals surface area contributed by atoms with Gasteiger partial charge in [-0.1, -0.05) is 44.9 Å². The normalized spacial score (nSPS) is 18.6. The molecule has 1 aliphatic carbocycles. The maximum absolute atomic E-state index is 13.9. The molecule has 1 saturated carbocycles. The largest absolute Gasteiger partial charge is 0.421 e. The summed E-state index contributed by atoms with van der Waals surface area (Å²) in [4.78, 5) is 20.0. The second-order valence-corrected chi connectivity index (χ2v) is 11.6. The molecule has 39 heavy (non-hydrogen) atoms. The molecule has 13 heteroatoms. The van der Waals surface area contributed by atoms with E-state index in [-0.39, 0.29) is 24.7 Å². The minimum Gasteiger partial charge on any atom is -0.350 e. The number of benzene rings is 1. The van der Waals surface area contributed by atoms with E-state index in [1.165, 1.54) is 17.1 Å². The van der Waals surface area contributed by atoms with Crippen molar-refractivity contribution in [3.8, 4) is 0 Å². The summed E-state index contributed by atoms with van der Waals surface area (Å²) in [7, 11) is -3.61. The van der Waals surface area contributed by atoms with Crippen LogP contribution < -0.4 is 16.0 Å². The molecule has 2 aromatic rings. The van der Waals surface area contributed by atoms with Crippen LogP contribution in [0.5, 0.6) is 0 Å². The summed E-state index contributed by atoms with van der Waals surface area (Å²) >= 11 is 0. The van der Waals surface area contributed by atoms with Gasteiger partial charge in [0.15, 0.2) is 0 Å². The first kappa shape index (κ1) is 28.6. The van der Waals surface area contributed by atoms with Crippen molar-refractivity contribution in [2.75, 3.05) is 29.0 Å². The van der Waals surface area contributed by atoms with Crippen molar-refractivity contribution in [3.05, 3.63) is 60.2 Å². The van der Waals surface area contributed by atoms with Gasteiger partial charge in [-0.3, -0.25) is 4.79 Å². The number of amides is 1. The number of aromatic nitrogens is 2. The third kappa shape index (κ3) is 7.15. The molecular weight excluding hydrogens is 533 g/mol. The molecule has 0 unspecified atom stereocenters. The second-order valence-electron chi connectivity index (χ2n) is 9.71. The second kappa shape index (κ2) is 11.7. The molecule has 0 radical (unpaired) electrons. The lowest BCUT2D eigenvalue weighted by atomic mass is 9.97. The van der Waals surface area contributed by atoms with Gasteiger partial charge in [-0.25, -0.2) is 13.4 Å². The minimum atomic E-state index is -4.75. The van der Waals surface area contributed by atoms with E-state index in [0.717, 1.165) is 36.3 Å². The van der Waals surface area contributed by atoms with Crippen molar-refractivity contribution in [2.24, 2.45) is 5.92 Å². The van der Waals surface area contributed by atoms with Crippen LogP contribution in [-0.4, -0.2) is 47.7 Å². The Morgan fingerprint density at radius 2 is 1.90 bits per heavy atom. The number of carbonyl (C=O) groups excluding carboxylic acids is 1. The van der Waals surface area contributed by atoms with Crippen molar-refractivity contribution in [2.45, 2.75) is 50.7 Å². The van der Waals surface area contributed by atoms with Gasteiger partial charge in [-0.15, -0.1) is 0 Å². The number of nitrogens with one attached hydrogen (secondary N) is 3. The Hall–Kier alpha value is -3.45. The zero-order valence-corrected chi connectivity index (χ0v) is 22.1. The maximum atomic E-state index is 13.9. The lowest BCUT2D eigenvalue weighted by Gasteiger charge is -2.19. The summed E-state index contributed by atoms with van der Waals surface area (Å²) in [6.07, 6.45) is 2.83. The number of sulfonamides is 1. The van der Waals surface area contributed by atoms with Crippen LogP contribution in [0.1, 0.15) is 43.2 Å². The van der Waals surface area contributed by atoms with Crippen LogP contribution in [0.2, 0.25) is 0 Å². The van der Waals surface area contributed by atoms with Crippen LogP contribution in [0.15, 0.2) is 49.0 Å². The Morgan fingerprint density at radius 3 is 2.56 bits per heavy atom. The van der Waals surface area contributed by atoms with Crippen LogP contribution in [0, 0.1) is 5.92 Å². The third-order valence-corrected chi connectivity index (χ3v) is 8.40. The van der Waals surface area contributed by atoms with Crippen molar-refractivity contribution in [1.29, 1.82) is 0 Å². The third-order valence-electron chi connectivity index (χ3n) is 6.93. The number of anilines is 4. The fourth-order valence-electron chi connectivity index (χ4n) is 4.91. The van der Waals surface area contributed by atoms with Gasteiger partial charge in [0.2, 0.25) is 21.9 Å². The first-order valence-electron chi connectivity index (χ1n) is 12.6. The number of nitrogens with zero attached hydrogens (tertiary/aromatic N) is 3. The van der Waals surface area contributed by atoms with Gasteiger partial charge in [0.25, 0.3) is 0 Å².